The maximum atomic E-state index is 12.3. The number of nitrogens with zero attached hydrogens (tertiary/aromatic N) is 1. The number of furan rings is 1. The second kappa shape index (κ2) is 7.39. The number of hydrogen-bond acceptors (Lipinski definition) is 5. The first-order valence-electron chi connectivity index (χ1n) is 7.82. The van der Waals surface area contributed by atoms with Crippen molar-refractivity contribution in [2.24, 2.45) is 22.4 Å². The first-order chi connectivity index (χ1) is 11.4. The highest BCUT2D eigenvalue weighted by molar-refractivity contribution is 5.81. The molecule has 1 fully saturated rings. The first-order valence-corrected chi connectivity index (χ1v) is 7.82. The zero-order valence-corrected chi connectivity index (χ0v) is 14.5. The fourth-order valence-corrected chi connectivity index (χ4v) is 2.83. The summed E-state index contributed by atoms with van der Waals surface area (Å²) in [5, 5.41) is 3.73. The molecule has 2 atom stereocenters. The summed E-state index contributed by atoms with van der Waals surface area (Å²) in [5.74, 6) is 3.56. The van der Waals surface area contributed by atoms with Crippen LogP contribution >= 0.6 is 0 Å². The smallest absolute Gasteiger partial charge is 0.310 e. The van der Waals surface area contributed by atoms with Crippen LogP contribution in [0.25, 0.3) is 0 Å². The third-order valence-corrected chi connectivity index (χ3v) is 4.32. The van der Waals surface area contributed by atoms with E-state index in [1.165, 1.54) is 7.11 Å². The van der Waals surface area contributed by atoms with E-state index in [1.807, 2.05) is 13.0 Å². The molecule has 0 aromatic carbocycles. The van der Waals surface area contributed by atoms with Gasteiger partial charge < -0.3 is 14.0 Å². The van der Waals surface area contributed by atoms with Gasteiger partial charge in [-0.25, -0.2) is 0 Å². The van der Waals surface area contributed by atoms with Gasteiger partial charge in [-0.2, -0.15) is 0 Å². The lowest BCUT2D eigenvalue weighted by molar-refractivity contribution is -0.148. The van der Waals surface area contributed by atoms with Crippen molar-refractivity contribution in [3.05, 3.63) is 35.3 Å². The van der Waals surface area contributed by atoms with Crippen LogP contribution in [-0.2, 0) is 27.4 Å². The van der Waals surface area contributed by atoms with Gasteiger partial charge in [-0.05, 0) is 36.0 Å². The SMILES string of the molecule is C#CCc1ccc(COC(=O)[C@@H]2[C@@H](/C=C(C)/C=N/OC)C2(C)C)o1. The lowest BCUT2D eigenvalue weighted by Crippen LogP contribution is -2.10. The fourth-order valence-electron chi connectivity index (χ4n) is 2.83. The van der Waals surface area contributed by atoms with Crippen LogP contribution in [0.3, 0.4) is 0 Å². The van der Waals surface area contributed by atoms with Gasteiger partial charge in [-0.3, -0.25) is 4.79 Å². The molecule has 24 heavy (non-hydrogen) atoms. The normalized spacial score (nSPS) is 22.2. The summed E-state index contributed by atoms with van der Waals surface area (Å²) in [6, 6.07) is 3.58. The van der Waals surface area contributed by atoms with Crippen molar-refractivity contribution in [2.75, 3.05) is 7.11 Å². The van der Waals surface area contributed by atoms with Crippen LogP contribution < -0.4 is 0 Å². The highest BCUT2D eigenvalue weighted by Gasteiger charge is 2.61. The number of carbonyl (C=O) groups excluding carboxylic acids is 1. The monoisotopic (exact) mass is 329 g/mol. The largest absolute Gasteiger partial charge is 0.461 e. The van der Waals surface area contributed by atoms with Crippen molar-refractivity contribution in [3.63, 3.8) is 0 Å². The standard InChI is InChI=1S/C19H23NO4/c1-6-7-14-8-9-15(24-14)12-23-18(21)17-16(19(17,3)4)10-13(2)11-20-22-5/h1,8-11,16-17H,7,12H2,2-5H3/b13-10+,20-11+/t16-,17+/m1/s1. The highest BCUT2D eigenvalue weighted by atomic mass is 16.6. The van der Waals surface area contributed by atoms with Crippen molar-refractivity contribution in [1.29, 1.82) is 0 Å². The van der Waals surface area contributed by atoms with Crippen molar-refractivity contribution >= 4 is 12.2 Å². The van der Waals surface area contributed by atoms with E-state index in [0.717, 1.165) is 5.57 Å². The Bertz CT molecular complexity index is 690. The number of oxime groups is 1. The predicted molar refractivity (Wildman–Crippen MR) is 91.1 cm³/mol. The maximum Gasteiger partial charge on any atom is 0.310 e. The number of carbonyl (C=O) groups is 1. The average Bonchev–Trinajstić information content (AvgIpc) is 2.86. The van der Waals surface area contributed by atoms with Crippen LogP contribution in [0, 0.1) is 29.6 Å². The predicted octanol–water partition coefficient (Wildman–Crippen LogP) is 3.35. The lowest BCUT2D eigenvalue weighted by Gasteiger charge is -2.03. The van der Waals surface area contributed by atoms with Gasteiger partial charge in [-0.15, -0.1) is 6.42 Å². The van der Waals surface area contributed by atoms with Crippen molar-refractivity contribution in [2.45, 2.75) is 33.8 Å². The molecule has 5 nitrogen and oxygen atoms in total. The summed E-state index contributed by atoms with van der Waals surface area (Å²) in [6.45, 7) is 6.16. The Morgan fingerprint density at radius 3 is 2.83 bits per heavy atom. The topological polar surface area (TPSA) is 61.0 Å². The van der Waals surface area contributed by atoms with E-state index in [2.05, 4.69) is 29.8 Å². The Morgan fingerprint density at radius 1 is 1.46 bits per heavy atom. The van der Waals surface area contributed by atoms with Crippen LogP contribution in [-0.4, -0.2) is 19.3 Å². The summed E-state index contributed by atoms with van der Waals surface area (Å²) in [4.78, 5) is 17.0. The Hall–Kier alpha value is -2.48. The van der Waals surface area contributed by atoms with E-state index >= 15 is 0 Å². The van der Waals surface area contributed by atoms with Gasteiger partial charge in [0.15, 0.2) is 0 Å². The molecular formula is C19H23NO4. The van der Waals surface area contributed by atoms with Gasteiger partial charge in [0, 0.05) is 0 Å². The van der Waals surface area contributed by atoms with E-state index in [-0.39, 0.29) is 29.8 Å². The lowest BCUT2D eigenvalue weighted by atomic mass is 10.1. The molecule has 0 saturated heterocycles. The molecule has 0 unspecified atom stereocenters. The Balaban J connectivity index is 1.92. The summed E-state index contributed by atoms with van der Waals surface area (Å²) < 4.78 is 10.9. The number of terminal acetylenes is 1. The van der Waals surface area contributed by atoms with Gasteiger partial charge in [0.2, 0.25) is 0 Å². The molecule has 1 heterocycles. The second-order valence-electron chi connectivity index (χ2n) is 6.51. The minimum atomic E-state index is -0.215. The van der Waals surface area contributed by atoms with E-state index < -0.39 is 0 Å². The van der Waals surface area contributed by atoms with Gasteiger partial charge in [-0.1, -0.05) is 31.0 Å². The average molecular weight is 329 g/mol. The Morgan fingerprint density at radius 2 is 2.17 bits per heavy atom. The molecule has 1 aliphatic rings. The number of esters is 1. The van der Waals surface area contributed by atoms with E-state index in [4.69, 9.17) is 15.6 Å². The number of allylic oxidation sites excluding steroid dienone is 2. The van der Waals surface area contributed by atoms with Crippen molar-refractivity contribution in [3.8, 4) is 12.3 Å². The van der Waals surface area contributed by atoms with Crippen molar-refractivity contribution in [1.82, 2.24) is 0 Å². The maximum absolute atomic E-state index is 12.3. The zero-order valence-electron chi connectivity index (χ0n) is 14.5. The molecular weight excluding hydrogens is 306 g/mol. The molecule has 0 spiro atoms. The second-order valence-corrected chi connectivity index (χ2v) is 6.51. The first kappa shape index (κ1) is 17.9. The summed E-state index contributed by atoms with van der Waals surface area (Å²) in [5.41, 5.74) is 0.826. The number of hydrogen-bond donors (Lipinski definition) is 0. The summed E-state index contributed by atoms with van der Waals surface area (Å²) in [7, 11) is 1.49. The van der Waals surface area contributed by atoms with E-state index in [0.29, 0.717) is 17.9 Å². The molecule has 1 aromatic rings. The third-order valence-electron chi connectivity index (χ3n) is 4.32. The van der Waals surface area contributed by atoms with E-state index in [1.54, 1.807) is 18.3 Å². The molecule has 1 saturated carbocycles. The quantitative estimate of drug-likeness (QED) is 0.333. The molecule has 5 heteroatoms. The van der Waals surface area contributed by atoms with E-state index in [9.17, 15) is 4.79 Å². The Labute approximate surface area is 142 Å². The minimum Gasteiger partial charge on any atom is -0.461 e. The molecule has 2 rings (SSSR count). The summed E-state index contributed by atoms with van der Waals surface area (Å²) >= 11 is 0. The molecule has 0 N–H and O–H groups in total. The van der Waals surface area contributed by atoms with Crippen LogP contribution in [0.5, 0.6) is 0 Å². The minimum absolute atomic E-state index is 0.122. The van der Waals surface area contributed by atoms with Gasteiger partial charge in [0.25, 0.3) is 0 Å². The van der Waals surface area contributed by atoms with Crippen molar-refractivity contribution < 1.29 is 18.8 Å². The fraction of sp³-hybridized carbons (Fsp3) is 0.474. The molecule has 0 aliphatic heterocycles. The molecule has 128 valence electrons. The van der Waals surface area contributed by atoms with Crippen LogP contribution in [0.2, 0.25) is 0 Å². The Kier molecular flexibility index (Phi) is 5.50. The number of ether oxygens (including phenoxy) is 1. The van der Waals surface area contributed by atoms with Crippen LogP contribution in [0.1, 0.15) is 32.3 Å². The van der Waals surface area contributed by atoms with Crippen LogP contribution in [0.4, 0.5) is 0 Å². The van der Waals surface area contributed by atoms with Gasteiger partial charge in [0.05, 0.1) is 18.6 Å². The molecule has 0 radical (unpaired) electrons. The van der Waals surface area contributed by atoms with Gasteiger partial charge in [0.1, 0.15) is 25.2 Å². The third kappa shape index (κ3) is 4.08. The van der Waals surface area contributed by atoms with Gasteiger partial charge >= 0.3 is 5.97 Å². The molecule has 1 aliphatic carbocycles. The molecule has 1 aromatic heterocycles. The molecule has 0 amide bonds. The summed E-state index contributed by atoms with van der Waals surface area (Å²) in [6.07, 6.45) is 9.33. The van der Waals surface area contributed by atoms with Crippen LogP contribution in [0.15, 0.2) is 33.4 Å². The highest BCUT2D eigenvalue weighted by Crippen LogP contribution is 2.59. The zero-order chi connectivity index (χ0) is 17.7. The number of rotatable bonds is 7. The molecule has 0 bridgehead atoms.